The van der Waals surface area contributed by atoms with Gasteiger partial charge in [0.05, 0.1) is 0 Å². The lowest BCUT2D eigenvalue weighted by Crippen LogP contribution is -2.37. The Hall–Kier alpha value is 0.400. The number of halogens is 1. The van der Waals surface area contributed by atoms with Gasteiger partial charge in [-0.25, -0.2) is 0 Å². The van der Waals surface area contributed by atoms with Crippen molar-refractivity contribution < 1.29 is 4.79 Å². The van der Waals surface area contributed by atoms with Gasteiger partial charge in [-0.2, -0.15) is 0 Å². The topological polar surface area (TPSA) is 17.1 Å². The maximum atomic E-state index is 11.3. The molecule has 2 rings (SSSR count). The van der Waals surface area contributed by atoms with Crippen molar-refractivity contribution >= 4 is 28.4 Å². The van der Waals surface area contributed by atoms with Crippen LogP contribution in [0.2, 0.25) is 0 Å². The first-order valence-corrected chi connectivity index (χ1v) is 5.46. The number of carbonyl (C=O) groups excluding carboxylic acids is 1. The number of carbonyl (C=O) groups is 1. The van der Waals surface area contributed by atoms with E-state index in [1.807, 2.05) is 0 Å². The Morgan fingerprint density at radius 1 is 1.55 bits per heavy atom. The Balaban J connectivity index is 2.15. The summed E-state index contributed by atoms with van der Waals surface area (Å²) >= 11 is 2.51. The van der Waals surface area contributed by atoms with Crippen LogP contribution in [0.5, 0.6) is 0 Å². The minimum atomic E-state index is 0.371. The maximum Gasteiger partial charge on any atom is 0.134 e. The molecule has 0 spiro atoms. The highest BCUT2D eigenvalue weighted by molar-refractivity contribution is 14.1. The minimum Gasteiger partial charge on any atom is -0.300 e. The standard InChI is InChI=1S/C9H13IO/c10-9-3-1-2-7(5-9)4-8(11)6-9/h7H,1-6H2. The number of fused-ring (bicyclic) bond motifs is 2. The zero-order valence-electron chi connectivity index (χ0n) is 6.61. The minimum absolute atomic E-state index is 0.371. The highest BCUT2D eigenvalue weighted by atomic mass is 127. The maximum absolute atomic E-state index is 11.3. The quantitative estimate of drug-likeness (QED) is 0.485. The molecule has 2 unspecified atom stereocenters. The fourth-order valence-corrected chi connectivity index (χ4v) is 3.94. The van der Waals surface area contributed by atoms with Crippen molar-refractivity contribution in [2.45, 2.75) is 41.9 Å². The average Bonchev–Trinajstić information content (AvgIpc) is 1.82. The van der Waals surface area contributed by atoms with Crippen molar-refractivity contribution in [1.29, 1.82) is 0 Å². The number of ketones is 1. The van der Waals surface area contributed by atoms with Crippen molar-refractivity contribution in [1.82, 2.24) is 0 Å². The van der Waals surface area contributed by atoms with E-state index in [2.05, 4.69) is 22.6 Å². The Kier molecular flexibility index (Phi) is 1.98. The second-order valence-corrected chi connectivity index (χ2v) is 6.32. The van der Waals surface area contributed by atoms with Gasteiger partial charge in [-0.05, 0) is 25.2 Å². The lowest BCUT2D eigenvalue weighted by molar-refractivity contribution is -0.122. The molecule has 2 atom stereocenters. The van der Waals surface area contributed by atoms with Crippen LogP contribution in [0.4, 0.5) is 0 Å². The normalized spacial score (nSPS) is 44.1. The van der Waals surface area contributed by atoms with E-state index in [0.29, 0.717) is 9.20 Å². The van der Waals surface area contributed by atoms with Gasteiger partial charge in [-0.3, -0.25) is 4.79 Å². The summed E-state index contributed by atoms with van der Waals surface area (Å²) in [5.74, 6) is 1.25. The molecule has 0 N–H and O–H groups in total. The van der Waals surface area contributed by atoms with E-state index in [1.165, 1.54) is 25.7 Å². The molecule has 11 heavy (non-hydrogen) atoms. The first kappa shape index (κ1) is 8.02. The third-order valence-corrected chi connectivity index (χ3v) is 4.28. The van der Waals surface area contributed by atoms with Gasteiger partial charge >= 0.3 is 0 Å². The van der Waals surface area contributed by atoms with Crippen molar-refractivity contribution in [2.24, 2.45) is 5.92 Å². The van der Waals surface area contributed by atoms with Crippen molar-refractivity contribution in [3.63, 3.8) is 0 Å². The molecule has 2 saturated carbocycles. The van der Waals surface area contributed by atoms with E-state index in [-0.39, 0.29) is 0 Å². The van der Waals surface area contributed by atoms with E-state index in [4.69, 9.17) is 0 Å². The van der Waals surface area contributed by atoms with Gasteiger partial charge in [0.15, 0.2) is 0 Å². The van der Waals surface area contributed by atoms with Crippen molar-refractivity contribution in [3.05, 3.63) is 0 Å². The van der Waals surface area contributed by atoms with Crippen LogP contribution in [0.15, 0.2) is 0 Å². The summed E-state index contributed by atoms with van der Waals surface area (Å²) in [6.45, 7) is 0. The van der Waals surface area contributed by atoms with Gasteiger partial charge in [0, 0.05) is 16.3 Å². The molecule has 2 aliphatic carbocycles. The molecule has 1 nitrogen and oxygen atoms in total. The highest BCUT2D eigenvalue weighted by Crippen LogP contribution is 2.46. The van der Waals surface area contributed by atoms with Crippen LogP contribution in [0, 0.1) is 5.92 Å². The molecule has 2 fully saturated rings. The second kappa shape index (κ2) is 2.71. The Morgan fingerprint density at radius 2 is 2.36 bits per heavy atom. The Labute approximate surface area is 81.1 Å². The summed E-state index contributed by atoms with van der Waals surface area (Å²) in [4.78, 5) is 11.3. The second-order valence-electron chi connectivity index (χ2n) is 4.03. The van der Waals surface area contributed by atoms with Crippen LogP contribution < -0.4 is 0 Å². The van der Waals surface area contributed by atoms with Crippen LogP contribution in [0.25, 0.3) is 0 Å². The zero-order chi connectivity index (χ0) is 7.90. The van der Waals surface area contributed by atoms with Gasteiger partial charge in [0.2, 0.25) is 0 Å². The predicted molar refractivity (Wildman–Crippen MR) is 53.0 cm³/mol. The van der Waals surface area contributed by atoms with E-state index < -0.39 is 0 Å². The molecule has 0 amide bonds. The number of hydrogen-bond donors (Lipinski definition) is 0. The van der Waals surface area contributed by atoms with E-state index in [1.54, 1.807) is 0 Å². The van der Waals surface area contributed by atoms with E-state index in [9.17, 15) is 4.79 Å². The van der Waals surface area contributed by atoms with Crippen molar-refractivity contribution in [3.8, 4) is 0 Å². The van der Waals surface area contributed by atoms with Crippen molar-refractivity contribution in [2.75, 3.05) is 0 Å². The largest absolute Gasteiger partial charge is 0.300 e. The smallest absolute Gasteiger partial charge is 0.134 e. The number of alkyl halides is 1. The summed E-state index contributed by atoms with van der Waals surface area (Å²) in [6.07, 6.45) is 6.96. The lowest BCUT2D eigenvalue weighted by atomic mass is 9.72. The van der Waals surface area contributed by atoms with Crippen LogP contribution in [-0.4, -0.2) is 9.20 Å². The number of rotatable bonds is 0. The van der Waals surface area contributed by atoms with Crippen LogP contribution in [0.3, 0.4) is 0 Å². The van der Waals surface area contributed by atoms with Gasteiger partial charge < -0.3 is 0 Å². The molecule has 0 radical (unpaired) electrons. The fraction of sp³-hybridized carbons (Fsp3) is 0.889. The zero-order valence-corrected chi connectivity index (χ0v) is 8.76. The molecule has 0 aromatic carbocycles. The van der Waals surface area contributed by atoms with Crippen LogP contribution >= 0.6 is 22.6 Å². The average molecular weight is 264 g/mol. The first-order chi connectivity index (χ1) is 5.18. The molecule has 0 aromatic heterocycles. The third kappa shape index (κ3) is 1.60. The van der Waals surface area contributed by atoms with Gasteiger partial charge in [0.25, 0.3) is 0 Å². The number of Topliss-reactive ketones (excluding diaryl/α,β-unsaturated/α-hetero) is 1. The number of hydrogen-bond acceptors (Lipinski definition) is 1. The summed E-state index contributed by atoms with van der Waals surface area (Å²) in [6, 6.07) is 0. The molecule has 0 heterocycles. The summed E-state index contributed by atoms with van der Waals surface area (Å²) < 4.78 is 0.371. The summed E-state index contributed by atoms with van der Waals surface area (Å²) in [5.41, 5.74) is 0. The molecule has 62 valence electrons. The van der Waals surface area contributed by atoms with E-state index in [0.717, 1.165) is 18.8 Å². The first-order valence-electron chi connectivity index (χ1n) is 4.39. The SMILES string of the molecule is O=C1CC2CCCC(I)(C1)C2. The molecule has 0 aliphatic heterocycles. The summed E-state index contributed by atoms with van der Waals surface area (Å²) in [5, 5.41) is 0. The molecule has 0 saturated heterocycles. The monoisotopic (exact) mass is 264 g/mol. The predicted octanol–water partition coefficient (Wildman–Crippen LogP) is 2.71. The molecular formula is C9H13IO. The molecule has 0 aromatic rings. The molecule has 2 aliphatic rings. The molecular weight excluding hydrogens is 251 g/mol. The molecule has 2 heteroatoms. The van der Waals surface area contributed by atoms with Crippen LogP contribution in [-0.2, 0) is 4.79 Å². The lowest BCUT2D eigenvalue weighted by Gasteiger charge is -2.40. The summed E-state index contributed by atoms with van der Waals surface area (Å²) in [7, 11) is 0. The Bertz CT molecular complexity index is 190. The third-order valence-electron chi connectivity index (χ3n) is 2.92. The fourth-order valence-electron chi connectivity index (χ4n) is 2.51. The van der Waals surface area contributed by atoms with Gasteiger partial charge in [-0.1, -0.05) is 29.0 Å². The van der Waals surface area contributed by atoms with Gasteiger partial charge in [0.1, 0.15) is 5.78 Å². The highest BCUT2D eigenvalue weighted by Gasteiger charge is 2.40. The van der Waals surface area contributed by atoms with Gasteiger partial charge in [-0.15, -0.1) is 0 Å². The van der Waals surface area contributed by atoms with E-state index >= 15 is 0 Å². The van der Waals surface area contributed by atoms with Crippen LogP contribution in [0.1, 0.15) is 38.5 Å². The molecule has 2 bridgehead atoms. The Morgan fingerprint density at radius 3 is 3.09 bits per heavy atom.